The molecule has 28 heavy (non-hydrogen) atoms. The highest BCUT2D eigenvalue weighted by molar-refractivity contribution is 5.79. The molecule has 7 nitrogen and oxygen atoms in total. The van der Waals surface area contributed by atoms with Crippen molar-refractivity contribution >= 4 is 5.91 Å². The van der Waals surface area contributed by atoms with E-state index in [4.69, 9.17) is 0 Å². The van der Waals surface area contributed by atoms with Crippen molar-refractivity contribution < 1.29 is 4.79 Å². The summed E-state index contributed by atoms with van der Waals surface area (Å²) in [6, 6.07) is 9.92. The van der Waals surface area contributed by atoms with E-state index < -0.39 is 0 Å². The molecule has 144 valence electrons. The summed E-state index contributed by atoms with van der Waals surface area (Å²) in [7, 11) is 0. The van der Waals surface area contributed by atoms with Gasteiger partial charge < -0.3 is 4.90 Å². The van der Waals surface area contributed by atoms with Gasteiger partial charge in [-0.15, -0.1) is 5.10 Å². The zero-order valence-electron chi connectivity index (χ0n) is 16.0. The van der Waals surface area contributed by atoms with Gasteiger partial charge in [0.15, 0.2) is 0 Å². The molecule has 2 aromatic heterocycles. The molecule has 1 aromatic carbocycles. The molecule has 3 aromatic rings. The van der Waals surface area contributed by atoms with Gasteiger partial charge in [0.05, 0.1) is 36.9 Å². The van der Waals surface area contributed by atoms with Gasteiger partial charge in [0.1, 0.15) is 5.69 Å². The highest BCUT2D eigenvalue weighted by Gasteiger charge is 2.33. The molecule has 2 unspecified atom stereocenters. The second kappa shape index (κ2) is 6.89. The van der Waals surface area contributed by atoms with Gasteiger partial charge in [-0.1, -0.05) is 30.3 Å². The Hall–Kier alpha value is -2.96. The van der Waals surface area contributed by atoms with E-state index >= 15 is 0 Å². The topological polar surface area (TPSA) is 68.8 Å². The first-order valence-corrected chi connectivity index (χ1v) is 10.0. The summed E-state index contributed by atoms with van der Waals surface area (Å²) in [5.74, 6) is 1.15. The van der Waals surface area contributed by atoms with Crippen molar-refractivity contribution in [2.75, 3.05) is 6.54 Å². The Kier molecular flexibility index (Phi) is 4.22. The van der Waals surface area contributed by atoms with Gasteiger partial charge in [0, 0.05) is 18.0 Å². The fourth-order valence-electron chi connectivity index (χ4n) is 4.43. The molecule has 5 rings (SSSR count). The van der Waals surface area contributed by atoms with Crippen LogP contribution in [0.15, 0.2) is 42.7 Å². The molecule has 1 amide bonds. The molecule has 2 aliphatic rings. The number of carbonyl (C=O) groups excluding carboxylic acids is 1. The number of carbonyl (C=O) groups is 1. The number of rotatable bonds is 3. The Morgan fingerprint density at radius 3 is 2.79 bits per heavy atom. The third kappa shape index (κ3) is 3.00. The number of amides is 1. The van der Waals surface area contributed by atoms with Crippen molar-refractivity contribution in [3.8, 4) is 16.9 Å². The van der Waals surface area contributed by atoms with E-state index in [-0.39, 0.29) is 5.92 Å². The molecule has 3 heterocycles. The predicted octanol–water partition coefficient (Wildman–Crippen LogP) is 2.91. The van der Waals surface area contributed by atoms with Crippen molar-refractivity contribution in [3.63, 3.8) is 0 Å². The van der Waals surface area contributed by atoms with Crippen LogP contribution in [0.2, 0.25) is 0 Å². The average molecular weight is 376 g/mol. The highest BCUT2D eigenvalue weighted by Crippen LogP contribution is 2.33. The summed E-state index contributed by atoms with van der Waals surface area (Å²) in [4.78, 5) is 15.0. The van der Waals surface area contributed by atoms with Crippen molar-refractivity contribution in [2.24, 2.45) is 11.8 Å². The van der Waals surface area contributed by atoms with Gasteiger partial charge in [0.25, 0.3) is 0 Å². The summed E-state index contributed by atoms with van der Waals surface area (Å²) in [5, 5.41) is 13.1. The molecule has 0 saturated heterocycles. The first-order valence-electron chi connectivity index (χ1n) is 10.0. The second-order valence-corrected chi connectivity index (χ2v) is 7.99. The monoisotopic (exact) mass is 376 g/mol. The zero-order chi connectivity index (χ0) is 19.1. The van der Waals surface area contributed by atoms with E-state index in [1.165, 1.54) is 0 Å². The molecule has 1 aliphatic carbocycles. The minimum absolute atomic E-state index is 0.187. The van der Waals surface area contributed by atoms with Gasteiger partial charge in [-0.2, -0.15) is 5.10 Å². The van der Waals surface area contributed by atoms with Gasteiger partial charge in [-0.25, -0.2) is 4.68 Å². The van der Waals surface area contributed by atoms with Crippen LogP contribution in [0.3, 0.4) is 0 Å². The van der Waals surface area contributed by atoms with E-state index in [0.717, 1.165) is 55.0 Å². The third-order valence-electron chi connectivity index (χ3n) is 6.02. The summed E-state index contributed by atoms with van der Waals surface area (Å²) < 4.78 is 3.77. The van der Waals surface area contributed by atoms with Gasteiger partial charge in [-0.3, -0.25) is 9.48 Å². The summed E-state index contributed by atoms with van der Waals surface area (Å²) >= 11 is 0. The van der Waals surface area contributed by atoms with E-state index in [1.807, 2.05) is 52.3 Å². The van der Waals surface area contributed by atoms with Crippen LogP contribution in [0, 0.1) is 11.8 Å². The largest absolute Gasteiger partial charge is 0.335 e. The Morgan fingerprint density at radius 2 is 2.00 bits per heavy atom. The van der Waals surface area contributed by atoms with Crippen LogP contribution in [0.25, 0.3) is 16.9 Å². The van der Waals surface area contributed by atoms with Crippen LogP contribution in [0.4, 0.5) is 0 Å². The maximum atomic E-state index is 13.0. The molecule has 0 radical (unpaired) electrons. The number of hydrogen-bond acceptors (Lipinski definition) is 4. The SMILES string of the molecule is CC1CCC(C(=O)N2CCn3ncc(-c4cn(-c5ccccc5)nn4)c3C2)C1. The molecule has 0 spiro atoms. The van der Waals surface area contributed by atoms with Crippen LogP contribution in [-0.4, -0.2) is 42.1 Å². The van der Waals surface area contributed by atoms with E-state index in [0.29, 0.717) is 18.4 Å². The fourth-order valence-corrected chi connectivity index (χ4v) is 4.43. The van der Waals surface area contributed by atoms with Crippen LogP contribution in [0.1, 0.15) is 31.9 Å². The Labute approximate surface area is 164 Å². The van der Waals surface area contributed by atoms with Gasteiger partial charge in [-0.05, 0) is 37.3 Å². The number of aromatic nitrogens is 5. The number of nitrogens with zero attached hydrogens (tertiary/aromatic N) is 6. The minimum atomic E-state index is 0.187. The molecule has 2 atom stereocenters. The van der Waals surface area contributed by atoms with Crippen LogP contribution < -0.4 is 0 Å². The molecule has 7 heteroatoms. The molecule has 1 fully saturated rings. The van der Waals surface area contributed by atoms with Crippen molar-refractivity contribution in [3.05, 3.63) is 48.4 Å². The molecular formula is C21H24N6O. The molecule has 1 aliphatic heterocycles. The number of para-hydroxylation sites is 1. The van der Waals surface area contributed by atoms with Crippen LogP contribution in [0.5, 0.6) is 0 Å². The maximum absolute atomic E-state index is 13.0. The Morgan fingerprint density at radius 1 is 1.14 bits per heavy atom. The summed E-state index contributed by atoms with van der Waals surface area (Å²) in [5.41, 5.74) is 3.76. The molecule has 0 N–H and O–H groups in total. The quantitative estimate of drug-likeness (QED) is 0.705. The Balaban J connectivity index is 1.39. The zero-order valence-corrected chi connectivity index (χ0v) is 16.0. The smallest absolute Gasteiger partial charge is 0.226 e. The van der Waals surface area contributed by atoms with Crippen LogP contribution in [-0.2, 0) is 17.9 Å². The third-order valence-corrected chi connectivity index (χ3v) is 6.02. The fraction of sp³-hybridized carbons (Fsp3) is 0.429. The lowest BCUT2D eigenvalue weighted by atomic mass is 10.0. The maximum Gasteiger partial charge on any atom is 0.226 e. The van der Waals surface area contributed by atoms with Crippen molar-refractivity contribution in [2.45, 2.75) is 39.3 Å². The van der Waals surface area contributed by atoms with Gasteiger partial charge >= 0.3 is 0 Å². The molecule has 0 bridgehead atoms. The lowest BCUT2D eigenvalue weighted by Crippen LogP contribution is -2.41. The van der Waals surface area contributed by atoms with E-state index in [2.05, 4.69) is 22.3 Å². The Bertz CT molecular complexity index is 992. The normalized spacial score (nSPS) is 21.7. The van der Waals surface area contributed by atoms with E-state index in [1.54, 1.807) is 4.68 Å². The summed E-state index contributed by atoms with van der Waals surface area (Å²) in [6.45, 7) is 4.30. The average Bonchev–Trinajstić information content (AvgIpc) is 3.46. The number of hydrogen-bond donors (Lipinski definition) is 0. The number of benzene rings is 1. The van der Waals surface area contributed by atoms with E-state index in [9.17, 15) is 4.79 Å². The highest BCUT2D eigenvalue weighted by atomic mass is 16.2. The van der Waals surface area contributed by atoms with Crippen molar-refractivity contribution in [1.29, 1.82) is 0 Å². The van der Waals surface area contributed by atoms with Crippen molar-refractivity contribution in [1.82, 2.24) is 29.7 Å². The van der Waals surface area contributed by atoms with Gasteiger partial charge in [0.2, 0.25) is 5.91 Å². The lowest BCUT2D eigenvalue weighted by molar-refractivity contribution is -0.137. The molecule has 1 saturated carbocycles. The minimum Gasteiger partial charge on any atom is -0.335 e. The standard InChI is InChI=1S/C21H24N6O/c1-15-7-8-16(11-15)21(28)25-9-10-26-20(14-25)18(12-22-26)19-13-27(24-23-19)17-5-3-2-4-6-17/h2-6,12-13,15-16H,7-11,14H2,1H3. The first kappa shape index (κ1) is 17.2. The summed E-state index contributed by atoms with van der Waals surface area (Å²) in [6.07, 6.45) is 6.98. The lowest BCUT2D eigenvalue weighted by Gasteiger charge is -2.30. The number of fused-ring (bicyclic) bond motifs is 1. The molecular weight excluding hydrogens is 352 g/mol. The predicted molar refractivity (Wildman–Crippen MR) is 105 cm³/mol. The first-order chi connectivity index (χ1) is 13.7. The second-order valence-electron chi connectivity index (χ2n) is 7.99. The van der Waals surface area contributed by atoms with Crippen LogP contribution >= 0.6 is 0 Å².